The van der Waals surface area contributed by atoms with E-state index < -0.39 is 5.82 Å². The van der Waals surface area contributed by atoms with Gasteiger partial charge in [0.2, 0.25) is 0 Å². The highest BCUT2D eigenvalue weighted by molar-refractivity contribution is 5.90. The predicted molar refractivity (Wildman–Crippen MR) is 175 cm³/mol. The maximum atomic E-state index is 15.0. The molecule has 0 aliphatic carbocycles. The molecule has 0 saturated carbocycles. The smallest absolute Gasteiger partial charge is 0.172 e. The van der Waals surface area contributed by atoms with Crippen molar-refractivity contribution >= 4 is 46.7 Å². The van der Waals surface area contributed by atoms with Crippen molar-refractivity contribution in [2.45, 2.75) is 39.5 Å². The molecule has 11 heteroatoms. The van der Waals surface area contributed by atoms with Gasteiger partial charge < -0.3 is 19.7 Å². The first-order valence-electron chi connectivity index (χ1n) is 15.2. The topological polar surface area (TPSA) is 126 Å². The Kier molecular flexibility index (Phi) is 10.3. The molecule has 0 spiro atoms. The van der Waals surface area contributed by atoms with Crippen LogP contribution in [0.3, 0.4) is 0 Å². The minimum absolute atomic E-state index is 0.00741. The highest BCUT2D eigenvalue weighted by Gasteiger charge is 2.35. The van der Waals surface area contributed by atoms with Crippen LogP contribution in [0.25, 0.3) is 11.0 Å². The summed E-state index contributed by atoms with van der Waals surface area (Å²) in [4.78, 5) is 32.1. The lowest BCUT2D eigenvalue weighted by Crippen LogP contribution is -2.41. The Labute approximate surface area is 262 Å². The van der Waals surface area contributed by atoms with Crippen LogP contribution in [0.2, 0.25) is 0 Å². The van der Waals surface area contributed by atoms with E-state index in [1.165, 1.54) is 36.8 Å². The molecular formula is C34H38FN7O3. The number of halogens is 1. The first kappa shape index (κ1) is 31.5. The molecule has 234 valence electrons. The molecule has 1 saturated heterocycles. The third-order valence-corrected chi connectivity index (χ3v) is 7.90. The van der Waals surface area contributed by atoms with Crippen molar-refractivity contribution in [3.05, 3.63) is 73.1 Å². The normalized spacial score (nSPS) is 18.1. The maximum absolute atomic E-state index is 15.0. The number of ether oxygens (including phenoxy) is 2. The van der Waals surface area contributed by atoms with E-state index in [1.807, 2.05) is 12.1 Å². The molecule has 1 unspecified atom stereocenters. The van der Waals surface area contributed by atoms with Crippen molar-refractivity contribution in [3.63, 3.8) is 0 Å². The third kappa shape index (κ3) is 7.97. The average Bonchev–Trinajstić information content (AvgIpc) is 3.16. The van der Waals surface area contributed by atoms with Gasteiger partial charge >= 0.3 is 0 Å². The number of aromatic nitrogens is 3. The third-order valence-electron chi connectivity index (χ3n) is 7.90. The van der Waals surface area contributed by atoms with Crippen LogP contribution in [-0.2, 0) is 4.79 Å². The van der Waals surface area contributed by atoms with E-state index in [9.17, 15) is 9.18 Å². The molecule has 2 aliphatic heterocycles. The van der Waals surface area contributed by atoms with Gasteiger partial charge in [-0.15, -0.1) is 0 Å². The van der Waals surface area contributed by atoms with Gasteiger partial charge in [0.15, 0.2) is 34.7 Å². The maximum Gasteiger partial charge on any atom is 0.172 e. The van der Waals surface area contributed by atoms with Crippen LogP contribution in [0.1, 0.15) is 39.5 Å². The molecular weight excluding hydrogens is 573 g/mol. The summed E-state index contributed by atoms with van der Waals surface area (Å²) in [5.74, 6) is 2.96. The fraction of sp³-hybridized carbons (Fsp3) is 0.353. The summed E-state index contributed by atoms with van der Waals surface area (Å²) in [6.45, 7) is 10.1. The molecule has 2 N–H and O–H groups in total. The number of rotatable bonds is 13. The van der Waals surface area contributed by atoms with Crippen molar-refractivity contribution in [2.75, 3.05) is 29.9 Å². The molecule has 5 rings (SSSR count). The second-order valence-electron chi connectivity index (χ2n) is 11.6. The van der Waals surface area contributed by atoms with Gasteiger partial charge in [0, 0.05) is 49.5 Å². The minimum Gasteiger partial charge on any atom is -0.489 e. The zero-order valence-corrected chi connectivity index (χ0v) is 25.6. The largest absolute Gasteiger partial charge is 0.489 e. The lowest BCUT2D eigenvalue weighted by Gasteiger charge is -2.36. The molecule has 2 aromatic heterocycles. The van der Waals surface area contributed by atoms with Crippen LogP contribution in [0, 0.1) is 29.0 Å². The monoisotopic (exact) mass is 611 g/mol. The number of nitrogens with one attached hydrogen (secondary N) is 2. The Morgan fingerprint density at radius 3 is 2.98 bits per heavy atom. The van der Waals surface area contributed by atoms with Crippen LogP contribution in [0.5, 0.6) is 11.5 Å². The molecule has 3 aromatic rings. The van der Waals surface area contributed by atoms with Crippen molar-refractivity contribution in [3.8, 4) is 11.5 Å². The number of aliphatic imine (C=N–C) groups is 1. The van der Waals surface area contributed by atoms with Gasteiger partial charge in [-0.05, 0) is 61.5 Å². The number of hydrogen-bond acceptors (Lipinski definition) is 9. The molecule has 1 aromatic carbocycles. The number of carbonyl (C=O) groups excluding carboxylic acids is 1. The van der Waals surface area contributed by atoms with E-state index in [2.05, 4.69) is 45.6 Å². The van der Waals surface area contributed by atoms with Crippen LogP contribution >= 0.6 is 0 Å². The molecule has 2 bridgehead atoms. The highest BCUT2D eigenvalue weighted by atomic mass is 19.1. The Morgan fingerprint density at radius 2 is 2.20 bits per heavy atom. The lowest BCUT2D eigenvalue weighted by molar-refractivity contribution is -0.115. The van der Waals surface area contributed by atoms with Crippen molar-refractivity contribution in [1.29, 1.82) is 5.41 Å². The van der Waals surface area contributed by atoms with E-state index in [-0.39, 0.29) is 23.2 Å². The van der Waals surface area contributed by atoms with Gasteiger partial charge in [-0.25, -0.2) is 24.3 Å². The SMILES string of the molecule is C=C/C(=C\C=NC=N)Oc1ccc(Nc2ncnc3cc4c(nc23)N2CCC(CCC(=O)/C=C/CC(C)C)[C@H](CO4)C2)cc1F. The zero-order valence-electron chi connectivity index (χ0n) is 25.6. The van der Waals surface area contributed by atoms with Gasteiger partial charge in [0.25, 0.3) is 0 Å². The minimum atomic E-state index is -0.590. The molecule has 45 heavy (non-hydrogen) atoms. The van der Waals surface area contributed by atoms with E-state index >= 15 is 0 Å². The number of carbonyl (C=O) groups is 1. The Balaban J connectivity index is 1.29. The Hall–Kier alpha value is -4.93. The van der Waals surface area contributed by atoms with Gasteiger partial charge in [-0.1, -0.05) is 26.5 Å². The summed E-state index contributed by atoms with van der Waals surface area (Å²) in [5.41, 5.74) is 1.60. The van der Waals surface area contributed by atoms with Crippen LogP contribution in [0.15, 0.2) is 72.2 Å². The number of piperidine rings is 1. The molecule has 4 heterocycles. The van der Waals surface area contributed by atoms with Crippen molar-refractivity contribution < 1.29 is 18.7 Å². The van der Waals surface area contributed by atoms with Crippen LogP contribution in [0.4, 0.5) is 21.7 Å². The predicted octanol–water partition coefficient (Wildman–Crippen LogP) is 6.82. The second kappa shape index (κ2) is 14.7. The molecule has 2 aliphatic rings. The quantitative estimate of drug-likeness (QED) is 0.0709. The lowest BCUT2D eigenvalue weighted by atomic mass is 9.82. The summed E-state index contributed by atoms with van der Waals surface area (Å²) in [7, 11) is 0. The van der Waals surface area contributed by atoms with Gasteiger partial charge in [0.05, 0.1) is 12.1 Å². The number of ketones is 1. The number of hydrogen-bond donors (Lipinski definition) is 2. The highest BCUT2D eigenvalue weighted by Crippen LogP contribution is 2.40. The van der Waals surface area contributed by atoms with E-state index in [1.54, 1.807) is 12.1 Å². The fourth-order valence-electron chi connectivity index (χ4n) is 5.53. The number of benzene rings is 1. The summed E-state index contributed by atoms with van der Waals surface area (Å²) in [6.07, 6.45) is 13.6. The Bertz CT molecular complexity index is 1650. The number of anilines is 3. The summed E-state index contributed by atoms with van der Waals surface area (Å²) >= 11 is 0. The van der Waals surface area contributed by atoms with Crippen molar-refractivity contribution in [1.82, 2.24) is 15.0 Å². The van der Waals surface area contributed by atoms with E-state index in [0.717, 1.165) is 44.5 Å². The first-order valence-corrected chi connectivity index (χ1v) is 15.2. The van der Waals surface area contributed by atoms with Gasteiger partial charge in [0.1, 0.15) is 23.9 Å². The second-order valence-corrected chi connectivity index (χ2v) is 11.6. The van der Waals surface area contributed by atoms with E-state index in [4.69, 9.17) is 19.9 Å². The first-order chi connectivity index (χ1) is 21.8. The molecule has 0 amide bonds. The van der Waals surface area contributed by atoms with Gasteiger partial charge in [-0.2, -0.15) is 0 Å². The van der Waals surface area contributed by atoms with Crippen LogP contribution in [-0.4, -0.2) is 53.0 Å². The molecule has 2 atom stereocenters. The standard InChI is InChI=1S/C34H38FN7O3/c1-4-27(12-14-37-20-36)45-30-11-9-25(16-28(30)35)40-33-32-29(38-21-39-33)17-31-34(41-32)42-15-13-23(24(18-42)19-44-31)8-10-26(43)7-5-6-22(2)3/h4-5,7,9,11-12,14,16-17,20-24,36H,1,6,8,10,13,15,18-19H2,2-3H3,(H,38,39,40)/b7-5+,27-12+,36-20?,37-14?/t23?,24-/m0/s1. The van der Waals surface area contributed by atoms with Crippen molar-refractivity contribution in [2.24, 2.45) is 22.7 Å². The number of nitrogens with zero attached hydrogens (tertiary/aromatic N) is 5. The molecule has 0 radical (unpaired) electrons. The summed E-state index contributed by atoms with van der Waals surface area (Å²) in [5, 5.41) is 10.1. The number of fused-ring (bicyclic) bond motifs is 5. The summed E-state index contributed by atoms with van der Waals surface area (Å²) in [6, 6.07) is 6.36. The summed E-state index contributed by atoms with van der Waals surface area (Å²) < 4.78 is 26.8. The number of pyridine rings is 1. The van der Waals surface area contributed by atoms with Gasteiger partial charge in [-0.3, -0.25) is 10.2 Å². The molecule has 10 nitrogen and oxygen atoms in total. The Morgan fingerprint density at radius 1 is 1.33 bits per heavy atom. The molecule has 1 fully saturated rings. The van der Waals surface area contributed by atoms with E-state index in [0.29, 0.717) is 53.2 Å². The van der Waals surface area contributed by atoms with Crippen LogP contribution < -0.4 is 19.7 Å². The number of allylic oxidation sites excluding steroid dienone is 4. The zero-order chi connectivity index (χ0) is 31.8. The fourth-order valence-corrected chi connectivity index (χ4v) is 5.53. The average molecular weight is 612 g/mol.